The van der Waals surface area contributed by atoms with Crippen molar-refractivity contribution in [2.45, 2.75) is 214 Å². The second-order valence-electron chi connectivity index (χ2n) is 36.2. The quantitative estimate of drug-likeness (QED) is 0.00818. The third-order valence-electron chi connectivity index (χ3n) is 26.4. The molecule has 3 aromatic heterocycles. The Morgan fingerprint density at radius 3 is 1.36 bits per heavy atom. The molecule has 2 atom stereocenters. The summed E-state index contributed by atoms with van der Waals surface area (Å²) in [7, 11) is -7.68. The van der Waals surface area contributed by atoms with Crippen molar-refractivity contribution in [1.82, 2.24) is 4.90 Å². The number of piperidine rings is 1. The number of benzene rings is 9. The van der Waals surface area contributed by atoms with Gasteiger partial charge in [0.2, 0.25) is 21.0 Å². The standard InChI is InChI=1S/C17H12I3NO2.C16H18F2INO2.C15H13I2N.C14H13I3N2O2.C14H14I3NO2S.C12H12I3NO3S2.C12H12I3NO3SSe/c1-8-17(2,10-5-3-9(4-6-10)16(22)23)13-12(21-8)7-11(18)14(19)15(13)20;1-9-16(2,7-5-3-4-6-12(21)22)13-11(20-9)8-10(17)15(19)14(13)18;1-8-15(2,3)14-11-6-9(16)7-12(17)10(11)4-5-13(14)18-8;1-7-14(2-4-19(5-3-14)13(20)21)10-9(18-7)6-8(15)11(16)12(10)17;1-8-18(6-4-2-3-5-11(19)20)10-7-9(15)12(16)13(17)14(10)21-8;1-7-16(4-2-3-5-21(17,18)19)9-6-8(13)10(14)11(15)12(9)20-7;1-7-16(4-2-3-5-20(17,18)19)9-6-8(13)10(14)11(15)12(9)21-7/h3-7H,1-2H3,(H,22,23);8H,3-7H2,1-2H3,(H,21,22);4-7H,1-3H3;6H,2-5H2,1H3,(H,20,21);7H,2-6H2,1H3;2*6H,2-5H2,1H3/p+3. The number of halogens is 20. The number of amides is 1. The summed E-state index contributed by atoms with van der Waals surface area (Å²) in [6.07, 6.45) is 9.32. The Morgan fingerprint density at radius 1 is 0.429 bits per heavy atom. The van der Waals surface area contributed by atoms with Gasteiger partial charge in [0.25, 0.3) is 10.1 Å². The van der Waals surface area contributed by atoms with Gasteiger partial charge in [0, 0.05) is 169 Å². The number of nitrogens with zero attached hydrogens (tertiary/aromatic N) is 8. The van der Waals surface area contributed by atoms with Crippen LogP contribution < -0.4 is 13.7 Å². The molecule has 5 aliphatic heterocycles. The molecule has 8 heterocycles. The van der Waals surface area contributed by atoms with E-state index in [1.165, 1.54) is 150 Å². The number of aryl methyl sites for hydroxylation is 6. The van der Waals surface area contributed by atoms with E-state index >= 15 is 0 Å². The van der Waals surface area contributed by atoms with Gasteiger partial charge in [-0.15, -0.1) is 0 Å². The molecule has 1 amide bonds. The first-order valence-corrected chi connectivity index (χ1v) is 71.4. The number of carbonyl (C=O) groups is 4. The first-order chi connectivity index (χ1) is 68.6. The van der Waals surface area contributed by atoms with Crippen molar-refractivity contribution in [3.05, 3.63) is 209 Å². The number of aliphatic imine (C=N–C) groups is 4. The van der Waals surface area contributed by atoms with E-state index in [1.54, 1.807) is 46.1 Å². The average molecular weight is 4160 g/mol. The second kappa shape index (κ2) is 55.8. The molecule has 6 N–H and O–H groups in total. The fraction of sp³-hybridized carbons (Fsp3) is 0.370. The Balaban J connectivity index is 0.000000163. The number of aromatic nitrogens is 3. The van der Waals surface area contributed by atoms with Gasteiger partial charge in [0.15, 0.2) is 0 Å². The summed E-state index contributed by atoms with van der Waals surface area (Å²) >= 11 is 46.3. The molecule has 0 radical (unpaired) electrons. The van der Waals surface area contributed by atoms with Crippen LogP contribution in [0, 0.1) is 96.7 Å². The van der Waals surface area contributed by atoms with Crippen LogP contribution in [0.2, 0.25) is 0 Å². The molecule has 12 aromatic rings. The summed E-state index contributed by atoms with van der Waals surface area (Å²) in [6.45, 7) is 26.8. The molecule has 1 spiro atoms. The van der Waals surface area contributed by atoms with Gasteiger partial charge in [0.1, 0.15) is 34.1 Å². The Bertz CT molecular complexity index is 7480. The van der Waals surface area contributed by atoms with Crippen LogP contribution in [0.1, 0.15) is 204 Å². The van der Waals surface area contributed by atoms with Crippen LogP contribution in [0.25, 0.3) is 41.0 Å². The third kappa shape index (κ3) is 31.0. The monoisotopic (exact) mass is 4160 g/mol. The maximum absolute atomic E-state index is 14.5. The van der Waals surface area contributed by atoms with Crippen molar-refractivity contribution in [3.8, 4) is 0 Å². The van der Waals surface area contributed by atoms with Crippen LogP contribution in [0.3, 0.4) is 0 Å². The van der Waals surface area contributed by atoms with Crippen molar-refractivity contribution in [2.75, 3.05) is 24.6 Å². The summed E-state index contributed by atoms with van der Waals surface area (Å²) in [5.41, 5.74) is 16.4. The van der Waals surface area contributed by atoms with Crippen molar-refractivity contribution >= 4 is 575 Å². The molecule has 2 unspecified atom stereocenters. The molecule has 9 aromatic carbocycles. The molecule has 788 valence electrons. The maximum atomic E-state index is 14.5. The fourth-order valence-electron chi connectivity index (χ4n) is 18.1. The first-order valence-electron chi connectivity index (χ1n) is 45.4. The predicted molar refractivity (Wildman–Crippen MR) is 741 cm³/mol. The fourth-order valence-corrected chi connectivity index (χ4v) is 39.5. The molecule has 147 heavy (non-hydrogen) atoms. The zero-order chi connectivity index (χ0) is 109. The maximum Gasteiger partial charge on any atom is 0.303 e. The molecule has 0 saturated carbocycles. The van der Waals surface area contributed by atoms with Crippen molar-refractivity contribution in [3.63, 3.8) is 0 Å². The molecular formula is C100H97F2I18N8O14S4Se+3. The van der Waals surface area contributed by atoms with Crippen LogP contribution >= 0.6 is 429 Å². The van der Waals surface area contributed by atoms with Crippen LogP contribution in [0.5, 0.6) is 0 Å². The van der Waals surface area contributed by atoms with Gasteiger partial charge < -0.3 is 25.3 Å². The van der Waals surface area contributed by atoms with Crippen LogP contribution in [0.4, 0.5) is 36.3 Å². The molecule has 47 heteroatoms. The van der Waals surface area contributed by atoms with E-state index in [4.69, 9.17) is 44.5 Å². The first kappa shape index (κ1) is 129. The van der Waals surface area contributed by atoms with Crippen LogP contribution in [-0.4, -0.2) is 137 Å². The molecule has 5 aliphatic rings. The van der Waals surface area contributed by atoms with Crippen molar-refractivity contribution in [1.29, 1.82) is 0 Å². The minimum atomic E-state index is -3.85. The summed E-state index contributed by atoms with van der Waals surface area (Å²) in [6, 6.07) is 28.2. The number of rotatable bonds is 24. The van der Waals surface area contributed by atoms with E-state index in [1.807, 2.05) is 44.2 Å². The van der Waals surface area contributed by atoms with Gasteiger partial charge >= 0.3 is 197 Å². The molecule has 1 fully saturated rings. The van der Waals surface area contributed by atoms with E-state index in [0.29, 0.717) is 70.1 Å². The zero-order valence-electron chi connectivity index (χ0n) is 80.3. The minimum Gasteiger partial charge on any atom is -0.481 e. The summed E-state index contributed by atoms with van der Waals surface area (Å²) in [5.74, 6) is -3.83. The predicted octanol–water partition coefficient (Wildman–Crippen LogP) is 32.5. The summed E-state index contributed by atoms with van der Waals surface area (Å²) < 4.78 is 123. The van der Waals surface area contributed by atoms with E-state index in [-0.39, 0.29) is 44.2 Å². The topological polar surface area (TPSA) is 322 Å². The Hall–Kier alpha value is 2.39. The minimum absolute atomic E-state index is 0.00153. The van der Waals surface area contributed by atoms with Gasteiger partial charge in [-0.2, -0.15) is 17.6 Å². The molecule has 0 bridgehead atoms. The summed E-state index contributed by atoms with van der Waals surface area (Å²) in [4.78, 5) is 63.4. The SMILES string of the molecule is CC1=Nc2cc(F)c(I)c(F)c2C1(C)CCCCCC(=O)O.CC1=Nc2cc(I)c(I)c(I)c2C1(C)c1ccc(C(=O)O)cc1.CC1=Nc2cc(I)c(I)c(I)c2C12CCN(C(=O)O)CC2.CC1=Nc2ccc3c(I)cc(I)cc3c2C1(C)C.Cc1[se]c2c(I)c(I)c(I)cc2[n+]1CCCCS(=O)(=O)O.Cc1sc2c(I)c(I)c(I)cc2[n+]1CCCCCC(=O)O.Cc1sc2c(I)c(I)c(I)cc2[n+]1CCCCS(=O)(=O)O. The number of aromatic carboxylic acids is 1. The van der Waals surface area contributed by atoms with Crippen LogP contribution in [-0.2, 0) is 71.1 Å². The summed E-state index contributed by atoms with van der Waals surface area (Å²) in [5, 5.41) is 40.8. The number of hydrogen-bond donors (Lipinski definition) is 6. The molecular weight excluding hydrogens is 4070 g/mol. The second-order valence-corrected chi connectivity index (χ2v) is 64.3. The van der Waals surface area contributed by atoms with Gasteiger partial charge in [-0.1, -0.05) is 74.5 Å². The number of fused-ring (bicyclic) bond motifs is 10. The average Bonchev–Trinajstić information content (AvgIpc) is 1.56. The third-order valence-corrected chi connectivity index (χ3v) is 62.3. The number of thiazole rings is 2. The Kier molecular flexibility index (Phi) is 49.1. The largest absolute Gasteiger partial charge is 0.481 e. The zero-order valence-corrected chi connectivity index (χ0v) is 124. The van der Waals surface area contributed by atoms with Gasteiger partial charge in [0.05, 0.1) is 50.2 Å². The number of likely N-dealkylation sites (tertiary alicyclic amines) is 1. The van der Waals surface area contributed by atoms with Crippen LogP contribution in [0.15, 0.2) is 105 Å². The Morgan fingerprint density at radius 2 is 0.864 bits per heavy atom. The van der Waals surface area contributed by atoms with Crippen molar-refractivity contribution in [2.24, 2.45) is 20.0 Å². The number of aliphatic carboxylic acids is 2. The molecule has 22 nitrogen and oxygen atoms in total. The molecule has 1 saturated heterocycles. The van der Waals surface area contributed by atoms with E-state index in [2.05, 4.69) is 513 Å². The van der Waals surface area contributed by atoms with E-state index in [9.17, 15) is 44.8 Å². The van der Waals surface area contributed by atoms with E-state index in [0.717, 1.165) is 117 Å². The van der Waals surface area contributed by atoms with Gasteiger partial charge in [-0.25, -0.2) is 18.4 Å². The number of unbranched alkanes of at least 4 members (excludes halogenated alkanes) is 6. The van der Waals surface area contributed by atoms with Gasteiger partial charge in [-0.05, 0) is 483 Å². The number of carboxylic acids is 3. The normalized spacial score (nSPS) is 16.0. The van der Waals surface area contributed by atoms with E-state index < -0.39 is 61.3 Å². The Labute approximate surface area is 1110 Å². The number of carboxylic acid groups (broad SMARTS) is 4. The van der Waals surface area contributed by atoms with Crippen molar-refractivity contribution < 1.29 is 88.0 Å². The molecule has 0 aliphatic carbocycles. The number of hydrogen-bond acceptors (Lipinski definition) is 14. The van der Waals surface area contributed by atoms with Gasteiger partial charge in [-0.3, -0.25) is 34.1 Å². The smallest absolute Gasteiger partial charge is 0.303 e. The molecule has 17 rings (SSSR count).